The minimum Gasteiger partial charge on any atom is -0.453 e. The number of hydrogen-bond donors (Lipinski definition) is 0. The highest BCUT2D eigenvalue weighted by Crippen LogP contribution is 2.25. The molecule has 3 rings (SSSR count). The highest BCUT2D eigenvalue weighted by Gasteiger charge is 2.15. The number of halogens is 1. The molecule has 0 amide bonds. The number of nitro groups is 1. The van der Waals surface area contributed by atoms with Gasteiger partial charge in [0.05, 0.1) is 4.92 Å². The quantitative estimate of drug-likeness (QED) is 0.394. The Balaban J connectivity index is 1.86. The summed E-state index contributed by atoms with van der Waals surface area (Å²) in [4.78, 5) is 22.5. The van der Waals surface area contributed by atoms with Gasteiger partial charge < -0.3 is 4.42 Å². The van der Waals surface area contributed by atoms with E-state index in [1.807, 2.05) is 0 Å². The van der Waals surface area contributed by atoms with Crippen LogP contribution in [0.4, 0.5) is 5.69 Å². The average Bonchev–Trinajstić information content (AvgIpc) is 3.05. The summed E-state index contributed by atoms with van der Waals surface area (Å²) in [6.45, 7) is 0. The summed E-state index contributed by atoms with van der Waals surface area (Å²) < 4.78 is 5.56. The van der Waals surface area contributed by atoms with E-state index in [1.54, 1.807) is 48.5 Å². The number of nitrogens with zero attached hydrogens (tertiary/aromatic N) is 1. The number of non-ortho nitro benzene ring substituents is 1. The molecule has 0 saturated carbocycles. The fourth-order valence-electron chi connectivity index (χ4n) is 2.11. The number of hydrogen-bond acceptors (Lipinski definition) is 4. The number of carbonyl (C=O) groups excluding carboxylic acids is 1. The molecule has 0 aliphatic heterocycles. The lowest BCUT2D eigenvalue weighted by atomic mass is 10.1. The number of rotatable bonds is 4. The van der Waals surface area contributed by atoms with Gasteiger partial charge in [-0.05, 0) is 48.5 Å². The normalized spacial score (nSPS) is 10.5. The van der Waals surface area contributed by atoms with Gasteiger partial charge in [-0.1, -0.05) is 11.6 Å². The molecule has 0 atom stereocenters. The van der Waals surface area contributed by atoms with Gasteiger partial charge in [-0.3, -0.25) is 14.9 Å². The summed E-state index contributed by atoms with van der Waals surface area (Å²) in [7, 11) is 0. The molecule has 0 aliphatic carbocycles. The van der Waals surface area contributed by atoms with E-state index >= 15 is 0 Å². The van der Waals surface area contributed by atoms with Crippen LogP contribution < -0.4 is 0 Å². The second kappa shape index (κ2) is 6.06. The third-order valence-corrected chi connectivity index (χ3v) is 3.55. The first-order chi connectivity index (χ1) is 11.0. The van der Waals surface area contributed by atoms with Crippen molar-refractivity contribution in [3.05, 3.63) is 87.1 Å². The van der Waals surface area contributed by atoms with Crippen LogP contribution in [-0.2, 0) is 0 Å². The first kappa shape index (κ1) is 15.0. The SMILES string of the molecule is O=C(c1ccc(Cl)cc1)c1ccc(-c2ccc([N+](=O)[O-])cc2)o1. The number of furan rings is 1. The van der Waals surface area contributed by atoms with Gasteiger partial charge in [0.15, 0.2) is 5.76 Å². The molecular weight excluding hydrogens is 318 g/mol. The Morgan fingerprint density at radius 2 is 1.61 bits per heavy atom. The molecule has 1 aromatic heterocycles. The van der Waals surface area contributed by atoms with Crippen LogP contribution in [0.15, 0.2) is 65.1 Å². The first-order valence-electron chi connectivity index (χ1n) is 6.69. The summed E-state index contributed by atoms with van der Waals surface area (Å²) in [6.07, 6.45) is 0. The van der Waals surface area contributed by atoms with E-state index in [1.165, 1.54) is 12.1 Å². The van der Waals surface area contributed by atoms with Gasteiger partial charge in [-0.15, -0.1) is 0 Å². The van der Waals surface area contributed by atoms with Crippen LogP contribution in [0.5, 0.6) is 0 Å². The number of benzene rings is 2. The summed E-state index contributed by atoms with van der Waals surface area (Å²) in [5.74, 6) is 0.410. The second-order valence-electron chi connectivity index (χ2n) is 4.80. The first-order valence-corrected chi connectivity index (χ1v) is 7.07. The van der Waals surface area contributed by atoms with E-state index in [4.69, 9.17) is 16.0 Å². The van der Waals surface area contributed by atoms with E-state index in [0.717, 1.165) is 0 Å². The molecule has 0 N–H and O–H groups in total. The molecule has 5 nitrogen and oxygen atoms in total. The number of ketones is 1. The van der Waals surface area contributed by atoms with Crippen LogP contribution in [0.3, 0.4) is 0 Å². The van der Waals surface area contributed by atoms with Gasteiger partial charge in [0.25, 0.3) is 5.69 Å². The van der Waals surface area contributed by atoms with Gasteiger partial charge in [0.1, 0.15) is 5.76 Å². The highest BCUT2D eigenvalue weighted by atomic mass is 35.5. The number of nitro benzene ring substituents is 1. The zero-order valence-corrected chi connectivity index (χ0v) is 12.5. The Hall–Kier alpha value is -2.92. The molecular formula is C17H10ClNO4. The van der Waals surface area contributed by atoms with Crippen molar-refractivity contribution in [2.75, 3.05) is 0 Å². The van der Waals surface area contributed by atoms with Crippen molar-refractivity contribution in [3.63, 3.8) is 0 Å². The lowest BCUT2D eigenvalue weighted by molar-refractivity contribution is -0.384. The molecule has 0 spiro atoms. The van der Waals surface area contributed by atoms with Crippen LogP contribution >= 0.6 is 11.6 Å². The van der Waals surface area contributed by atoms with Crippen molar-refractivity contribution in [1.29, 1.82) is 0 Å². The Bertz CT molecular complexity index is 866. The molecule has 0 radical (unpaired) electrons. The van der Waals surface area contributed by atoms with Crippen LogP contribution in [0, 0.1) is 10.1 Å². The summed E-state index contributed by atoms with van der Waals surface area (Å²) in [6, 6.07) is 15.7. The zero-order valence-electron chi connectivity index (χ0n) is 11.7. The predicted octanol–water partition coefficient (Wildman–Crippen LogP) is 4.74. The average molecular weight is 328 g/mol. The molecule has 6 heteroatoms. The molecule has 0 bridgehead atoms. The minimum absolute atomic E-state index is 0.00206. The molecule has 3 aromatic rings. The van der Waals surface area contributed by atoms with E-state index in [-0.39, 0.29) is 17.2 Å². The Labute approximate surface area is 136 Å². The standard InChI is InChI=1S/C17H10ClNO4/c18-13-5-1-12(2-6-13)17(20)16-10-9-15(23-16)11-3-7-14(8-4-11)19(21)22/h1-10H. The van der Waals surface area contributed by atoms with Crippen LogP contribution in [-0.4, -0.2) is 10.7 Å². The molecule has 0 unspecified atom stereocenters. The number of carbonyl (C=O) groups is 1. The predicted molar refractivity (Wildman–Crippen MR) is 85.7 cm³/mol. The van der Waals surface area contributed by atoms with E-state index in [9.17, 15) is 14.9 Å². The summed E-state index contributed by atoms with van der Waals surface area (Å²) >= 11 is 5.80. The fourth-order valence-corrected chi connectivity index (χ4v) is 2.23. The third kappa shape index (κ3) is 3.14. The monoisotopic (exact) mass is 327 g/mol. The lowest BCUT2D eigenvalue weighted by Gasteiger charge is -1.99. The van der Waals surface area contributed by atoms with Gasteiger partial charge >= 0.3 is 0 Å². The Morgan fingerprint density at radius 3 is 2.22 bits per heavy atom. The molecule has 0 aliphatic rings. The zero-order chi connectivity index (χ0) is 16.4. The largest absolute Gasteiger partial charge is 0.453 e. The van der Waals surface area contributed by atoms with Crippen molar-refractivity contribution in [3.8, 4) is 11.3 Å². The maximum atomic E-state index is 12.3. The molecule has 114 valence electrons. The molecule has 0 fully saturated rings. The van der Waals surface area contributed by atoms with Crippen molar-refractivity contribution >= 4 is 23.1 Å². The minimum atomic E-state index is -0.471. The second-order valence-corrected chi connectivity index (χ2v) is 5.24. The van der Waals surface area contributed by atoms with Crippen molar-refractivity contribution in [1.82, 2.24) is 0 Å². The van der Waals surface area contributed by atoms with Crippen molar-refractivity contribution < 1.29 is 14.1 Å². The summed E-state index contributed by atoms with van der Waals surface area (Å²) in [5.41, 5.74) is 1.13. The van der Waals surface area contributed by atoms with Crippen LogP contribution in [0.25, 0.3) is 11.3 Å². The Kier molecular flexibility index (Phi) is 3.95. The van der Waals surface area contributed by atoms with E-state index < -0.39 is 4.92 Å². The maximum Gasteiger partial charge on any atom is 0.269 e. The van der Waals surface area contributed by atoms with Gasteiger partial charge in [-0.2, -0.15) is 0 Å². The van der Waals surface area contributed by atoms with Gasteiger partial charge in [0, 0.05) is 28.3 Å². The molecule has 23 heavy (non-hydrogen) atoms. The van der Waals surface area contributed by atoms with Gasteiger partial charge in [0.2, 0.25) is 5.78 Å². The molecule has 0 saturated heterocycles. The Morgan fingerprint density at radius 1 is 0.957 bits per heavy atom. The third-order valence-electron chi connectivity index (χ3n) is 3.30. The van der Waals surface area contributed by atoms with Crippen molar-refractivity contribution in [2.45, 2.75) is 0 Å². The lowest BCUT2D eigenvalue weighted by Crippen LogP contribution is -1.98. The highest BCUT2D eigenvalue weighted by molar-refractivity contribution is 6.30. The van der Waals surface area contributed by atoms with Crippen LogP contribution in [0.1, 0.15) is 16.1 Å². The maximum absolute atomic E-state index is 12.3. The topological polar surface area (TPSA) is 73.3 Å². The summed E-state index contributed by atoms with van der Waals surface area (Å²) in [5, 5.41) is 11.2. The molecule has 2 aromatic carbocycles. The van der Waals surface area contributed by atoms with Crippen molar-refractivity contribution in [2.24, 2.45) is 0 Å². The van der Waals surface area contributed by atoms with E-state index in [2.05, 4.69) is 0 Å². The smallest absolute Gasteiger partial charge is 0.269 e. The van der Waals surface area contributed by atoms with Gasteiger partial charge in [-0.25, -0.2) is 0 Å². The van der Waals surface area contributed by atoms with E-state index in [0.29, 0.717) is 21.9 Å². The molecule has 1 heterocycles. The fraction of sp³-hybridized carbons (Fsp3) is 0. The van der Waals surface area contributed by atoms with Crippen LogP contribution in [0.2, 0.25) is 5.02 Å².